The minimum atomic E-state index is -1.10. The third kappa shape index (κ3) is 3.45. The van der Waals surface area contributed by atoms with Crippen molar-refractivity contribution < 1.29 is 24.3 Å². The van der Waals surface area contributed by atoms with E-state index < -0.39 is 10.9 Å². The molecule has 1 heterocycles. The second kappa shape index (κ2) is 6.18. The standard InChI is InChI=1S/C12H10N2O6S/c1-19-10-4-8(14(17)18)2-3-9(10)20-5-7-6-21-11(13-7)12(15)16/h2-4,6H,5H2,1H3,(H,15,16). The van der Waals surface area contributed by atoms with Gasteiger partial charge in [0, 0.05) is 11.4 Å². The Morgan fingerprint density at radius 3 is 2.81 bits per heavy atom. The van der Waals surface area contributed by atoms with Gasteiger partial charge in [-0.05, 0) is 6.07 Å². The largest absolute Gasteiger partial charge is 0.493 e. The van der Waals surface area contributed by atoms with Crippen molar-refractivity contribution in [3.63, 3.8) is 0 Å². The van der Waals surface area contributed by atoms with Crippen molar-refractivity contribution in [1.29, 1.82) is 0 Å². The van der Waals surface area contributed by atoms with Crippen LogP contribution in [0.3, 0.4) is 0 Å². The lowest BCUT2D eigenvalue weighted by atomic mass is 10.3. The Hall–Kier alpha value is -2.68. The number of rotatable bonds is 6. The fourth-order valence-electron chi connectivity index (χ4n) is 1.51. The van der Waals surface area contributed by atoms with Crippen LogP contribution in [0.2, 0.25) is 0 Å². The first-order valence-corrected chi connectivity index (χ1v) is 6.52. The molecule has 0 radical (unpaired) electrons. The summed E-state index contributed by atoms with van der Waals surface area (Å²) < 4.78 is 10.5. The van der Waals surface area contributed by atoms with Crippen LogP contribution in [0.25, 0.3) is 0 Å². The number of hydrogen-bond donors (Lipinski definition) is 1. The summed E-state index contributed by atoms with van der Waals surface area (Å²) in [5.41, 5.74) is 0.346. The maximum Gasteiger partial charge on any atom is 0.365 e. The number of thiazole rings is 1. The number of non-ortho nitro benzene ring substituents is 1. The summed E-state index contributed by atoms with van der Waals surface area (Å²) in [5.74, 6) is -0.565. The molecule has 2 aromatic rings. The number of carboxylic acid groups (broad SMARTS) is 1. The zero-order chi connectivity index (χ0) is 15.4. The van der Waals surface area contributed by atoms with Gasteiger partial charge in [-0.25, -0.2) is 9.78 Å². The third-order valence-corrected chi connectivity index (χ3v) is 3.35. The molecule has 9 heteroatoms. The number of ether oxygens (including phenoxy) is 2. The first-order chi connectivity index (χ1) is 10.0. The summed E-state index contributed by atoms with van der Waals surface area (Å²) in [4.78, 5) is 24.7. The zero-order valence-electron chi connectivity index (χ0n) is 10.8. The SMILES string of the molecule is COc1cc([N+](=O)[O-])ccc1OCc1csc(C(=O)O)n1. The van der Waals surface area contributed by atoms with Gasteiger partial charge in [-0.15, -0.1) is 11.3 Å². The van der Waals surface area contributed by atoms with Crippen molar-refractivity contribution in [2.75, 3.05) is 7.11 Å². The third-order valence-electron chi connectivity index (χ3n) is 2.47. The monoisotopic (exact) mass is 310 g/mol. The van der Waals surface area contributed by atoms with E-state index in [-0.39, 0.29) is 23.1 Å². The zero-order valence-corrected chi connectivity index (χ0v) is 11.6. The molecule has 0 saturated carbocycles. The van der Waals surface area contributed by atoms with Crippen molar-refractivity contribution >= 4 is 23.0 Å². The Labute approximate surface area is 122 Å². The summed E-state index contributed by atoms with van der Waals surface area (Å²) >= 11 is 0.998. The van der Waals surface area contributed by atoms with Gasteiger partial charge in [0.1, 0.15) is 6.61 Å². The van der Waals surface area contributed by atoms with Crippen molar-refractivity contribution in [2.45, 2.75) is 6.61 Å². The molecule has 1 aromatic heterocycles. The summed E-state index contributed by atoms with van der Waals surface area (Å²) in [6.07, 6.45) is 0. The number of carbonyl (C=O) groups is 1. The average molecular weight is 310 g/mol. The van der Waals surface area contributed by atoms with Crippen LogP contribution in [0, 0.1) is 10.1 Å². The lowest BCUT2D eigenvalue weighted by Gasteiger charge is -2.09. The normalized spacial score (nSPS) is 10.1. The van der Waals surface area contributed by atoms with E-state index in [0.29, 0.717) is 11.4 Å². The van der Waals surface area contributed by atoms with Crippen molar-refractivity contribution in [1.82, 2.24) is 4.98 Å². The maximum absolute atomic E-state index is 10.7. The Balaban J connectivity index is 2.11. The molecule has 0 aliphatic rings. The molecule has 0 spiro atoms. The van der Waals surface area contributed by atoms with Gasteiger partial charge in [-0.1, -0.05) is 0 Å². The topological polar surface area (TPSA) is 112 Å². The van der Waals surface area contributed by atoms with Crippen LogP contribution < -0.4 is 9.47 Å². The first-order valence-electron chi connectivity index (χ1n) is 5.64. The molecular weight excluding hydrogens is 300 g/mol. The number of carboxylic acids is 1. The molecule has 8 nitrogen and oxygen atoms in total. The summed E-state index contributed by atoms with van der Waals surface area (Å²) in [7, 11) is 1.37. The lowest BCUT2D eigenvalue weighted by Crippen LogP contribution is -2.00. The second-order valence-corrected chi connectivity index (χ2v) is 4.69. The summed E-state index contributed by atoms with van der Waals surface area (Å²) in [6.45, 7) is 0.0396. The summed E-state index contributed by atoms with van der Waals surface area (Å²) in [5, 5.41) is 21.0. The van der Waals surface area contributed by atoms with Gasteiger partial charge in [-0.2, -0.15) is 0 Å². The highest BCUT2D eigenvalue weighted by Crippen LogP contribution is 2.31. The van der Waals surface area contributed by atoms with Gasteiger partial charge >= 0.3 is 5.97 Å². The Kier molecular flexibility index (Phi) is 4.33. The van der Waals surface area contributed by atoms with Crippen molar-refractivity contribution in [3.05, 3.63) is 44.4 Å². The van der Waals surface area contributed by atoms with Crippen LogP contribution in [-0.2, 0) is 6.61 Å². The molecule has 21 heavy (non-hydrogen) atoms. The first kappa shape index (κ1) is 14.7. The van der Waals surface area contributed by atoms with E-state index in [4.69, 9.17) is 14.6 Å². The van der Waals surface area contributed by atoms with E-state index >= 15 is 0 Å². The molecule has 0 atom stereocenters. The average Bonchev–Trinajstić information content (AvgIpc) is 2.93. The van der Waals surface area contributed by atoms with Crippen molar-refractivity contribution in [2.24, 2.45) is 0 Å². The van der Waals surface area contributed by atoms with E-state index in [2.05, 4.69) is 4.98 Å². The van der Waals surface area contributed by atoms with Gasteiger partial charge < -0.3 is 14.6 Å². The maximum atomic E-state index is 10.7. The molecular formula is C12H10N2O6S. The van der Waals surface area contributed by atoms with Crippen LogP contribution in [0.4, 0.5) is 5.69 Å². The van der Waals surface area contributed by atoms with Gasteiger partial charge in [0.25, 0.3) is 5.69 Å². The van der Waals surface area contributed by atoms with Crippen LogP contribution >= 0.6 is 11.3 Å². The molecule has 0 bridgehead atoms. The van der Waals surface area contributed by atoms with Gasteiger partial charge in [0.05, 0.1) is 23.8 Å². The van der Waals surface area contributed by atoms with E-state index in [0.717, 1.165) is 11.3 Å². The molecule has 0 fully saturated rings. The molecule has 0 aliphatic carbocycles. The molecule has 1 N–H and O–H groups in total. The Morgan fingerprint density at radius 2 is 2.24 bits per heavy atom. The predicted molar refractivity (Wildman–Crippen MR) is 73.1 cm³/mol. The number of nitrogens with zero attached hydrogens (tertiary/aromatic N) is 2. The van der Waals surface area contributed by atoms with E-state index in [1.807, 2.05) is 0 Å². The van der Waals surface area contributed by atoms with Crippen LogP contribution in [0.5, 0.6) is 11.5 Å². The summed E-state index contributed by atoms with van der Waals surface area (Å²) in [6, 6.07) is 3.96. The molecule has 0 saturated heterocycles. The van der Waals surface area contributed by atoms with E-state index in [1.54, 1.807) is 5.38 Å². The van der Waals surface area contributed by atoms with Crippen LogP contribution in [-0.4, -0.2) is 28.1 Å². The Morgan fingerprint density at radius 1 is 1.48 bits per heavy atom. The molecule has 0 unspecified atom stereocenters. The smallest absolute Gasteiger partial charge is 0.365 e. The lowest BCUT2D eigenvalue weighted by molar-refractivity contribution is -0.385. The minimum Gasteiger partial charge on any atom is -0.493 e. The van der Waals surface area contributed by atoms with Crippen LogP contribution in [0.15, 0.2) is 23.6 Å². The molecule has 0 aliphatic heterocycles. The van der Waals surface area contributed by atoms with E-state index in [1.165, 1.54) is 25.3 Å². The van der Waals surface area contributed by atoms with E-state index in [9.17, 15) is 14.9 Å². The highest BCUT2D eigenvalue weighted by atomic mass is 32.1. The fourth-order valence-corrected chi connectivity index (χ4v) is 2.15. The number of methoxy groups -OCH3 is 1. The van der Waals surface area contributed by atoms with Gasteiger partial charge in [-0.3, -0.25) is 10.1 Å². The fraction of sp³-hybridized carbons (Fsp3) is 0.167. The quantitative estimate of drug-likeness (QED) is 0.643. The molecule has 110 valence electrons. The number of aromatic nitrogens is 1. The molecule has 2 rings (SSSR count). The van der Waals surface area contributed by atoms with Gasteiger partial charge in [0.2, 0.25) is 5.01 Å². The number of nitro benzene ring substituents is 1. The number of benzene rings is 1. The second-order valence-electron chi connectivity index (χ2n) is 3.83. The Bertz CT molecular complexity index is 684. The van der Waals surface area contributed by atoms with Crippen LogP contribution in [0.1, 0.15) is 15.5 Å². The number of aromatic carboxylic acids is 1. The molecule has 0 amide bonds. The predicted octanol–water partition coefficient (Wildman–Crippen LogP) is 2.34. The van der Waals surface area contributed by atoms with Gasteiger partial charge in [0.15, 0.2) is 11.5 Å². The highest BCUT2D eigenvalue weighted by Gasteiger charge is 2.14. The van der Waals surface area contributed by atoms with Crippen molar-refractivity contribution in [3.8, 4) is 11.5 Å². The number of hydrogen-bond acceptors (Lipinski definition) is 7. The molecule has 1 aromatic carbocycles. The minimum absolute atomic E-state index is 0.0238. The highest BCUT2D eigenvalue weighted by molar-refractivity contribution is 7.11. The number of nitro groups is 1.